The molecule has 0 amide bonds. The third-order valence-electron chi connectivity index (χ3n) is 5.78. The number of aromatic nitrogens is 1. The lowest BCUT2D eigenvalue weighted by atomic mass is 9.90. The molecule has 182 valence electrons. The molecule has 0 fully saturated rings. The van der Waals surface area contributed by atoms with Gasteiger partial charge in [-0.2, -0.15) is 13.2 Å². The lowest BCUT2D eigenvalue weighted by Gasteiger charge is -2.18. The van der Waals surface area contributed by atoms with Crippen LogP contribution in [0.25, 0.3) is 22.0 Å². The van der Waals surface area contributed by atoms with E-state index in [0.29, 0.717) is 28.0 Å². The van der Waals surface area contributed by atoms with Gasteiger partial charge in [0.05, 0.1) is 21.7 Å². The molecule has 8 heteroatoms. The van der Waals surface area contributed by atoms with Gasteiger partial charge in [-0.1, -0.05) is 45.0 Å². The number of alkyl halides is 3. The van der Waals surface area contributed by atoms with Crippen LogP contribution in [0.15, 0.2) is 77.8 Å². The Morgan fingerprint density at radius 3 is 2.26 bits per heavy atom. The molecule has 0 saturated carbocycles. The summed E-state index contributed by atoms with van der Waals surface area (Å²) >= 11 is 0. The first-order valence-corrected chi connectivity index (χ1v) is 12.8. The van der Waals surface area contributed by atoms with Crippen molar-refractivity contribution in [3.63, 3.8) is 0 Å². The number of fused-ring (bicyclic) bond motifs is 1. The first-order valence-electron chi connectivity index (χ1n) is 11.1. The Labute approximate surface area is 202 Å². The Bertz CT molecular complexity index is 1480. The van der Waals surface area contributed by atoms with Crippen LogP contribution in [0.3, 0.4) is 0 Å². The minimum absolute atomic E-state index is 0.00335. The molecule has 35 heavy (non-hydrogen) atoms. The van der Waals surface area contributed by atoms with Gasteiger partial charge in [-0.15, -0.1) is 0 Å². The van der Waals surface area contributed by atoms with Gasteiger partial charge in [0.2, 0.25) is 0 Å². The topological polar surface area (TPSA) is 56.3 Å². The molecule has 0 N–H and O–H groups in total. The van der Waals surface area contributed by atoms with Gasteiger partial charge in [-0.3, -0.25) is 4.98 Å². The van der Waals surface area contributed by atoms with Gasteiger partial charge in [-0.25, -0.2) is 8.42 Å². The maximum Gasteiger partial charge on any atom is 0.418 e. The average molecular weight is 500 g/mol. The van der Waals surface area contributed by atoms with E-state index in [2.05, 4.69) is 4.98 Å². The third kappa shape index (κ3) is 5.03. The number of hydrogen-bond donors (Lipinski definition) is 0. The second-order valence-electron chi connectivity index (χ2n) is 8.45. The summed E-state index contributed by atoms with van der Waals surface area (Å²) in [6, 6.07) is 17.3. The predicted octanol–water partition coefficient (Wildman–Crippen LogP) is 7.63. The van der Waals surface area contributed by atoms with Crippen LogP contribution in [0.1, 0.15) is 37.8 Å². The largest absolute Gasteiger partial charge is 0.457 e. The van der Waals surface area contributed by atoms with Crippen molar-refractivity contribution in [3.05, 3.63) is 84.1 Å². The summed E-state index contributed by atoms with van der Waals surface area (Å²) in [5.41, 5.74) is 1.32. The minimum atomic E-state index is -4.52. The summed E-state index contributed by atoms with van der Waals surface area (Å²) < 4.78 is 70.9. The number of rotatable bonds is 6. The molecule has 0 spiro atoms. The summed E-state index contributed by atoms with van der Waals surface area (Å²) in [4.78, 5) is 4.39. The molecule has 4 aromatic rings. The second kappa shape index (κ2) is 9.34. The fraction of sp³-hybridized carbons (Fsp3) is 0.222. The summed E-state index contributed by atoms with van der Waals surface area (Å²) in [7, 11) is -3.32. The molecule has 3 aromatic carbocycles. The molecule has 1 heterocycles. The molecule has 0 radical (unpaired) electrons. The Balaban J connectivity index is 1.79. The van der Waals surface area contributed by atoms with Gasteiger partial charge in [0.15, 0.2) is 9.84 Å². The van der Waals surface area contributed by atoms with Crippen LogP contribution >= 0.6 is 0 Å². The van der Waals surface area contributed by atoms with Crippen LogP contribution in [-0.2, 0) is 16.0 Å². The zero-order chi connectivity index (χ0) is 25.4. The third-order valence-corrected chi connectivity index (χ3v) is 7.53. The number of sulfone groups is 1. The quantitative estimate of drug-likeness (QED) is 0.274. The van der Waals surface area contributed by atoms with Crippen molar-refractivity contribution in [1.82, 2.24) is 4.98 Å². The number of nitrogens with zero attached hydrogens (tertiary/aromatic N) is 1. The second-order valence-corrected chi connectivity index (χ2v) is 10.7. The summed E-state index contributed by atoms with van der Waals surface area (Å²) in [5.74, 6) is 0.943. The van der Waals surface area contributed by atoms with Crippen molar-refractivity contribution < 1.29 is 26.3 Å². The van der Waals surface area contributed by atoms with Crippen molar-refractivity contribution in [2.24, 2.45) is 0 Å². The Morgan fingerprint density at radius 1 is 0.943 bits per heavy atom. The number of para-hydroxylation sites is 1. The number of benzene rings is 3. The van der Waals surface area contributed by atoms with E-state index in [0.717, 1.165) is 11.6 Å². The molecule has 0 bridgehead atoms. The van der Waals surface area contributed by atoms with E-state index < -0.39 is 21.6 Å². The number of ether oxygens (including phenoxy) is 1. The van der Waals surface area contributed by atoms with E-state index in [-0.39, 0.29) is 22.1 Å². The van der Waals surface area contributed by atoms with E-state index >= 15 is 0 Å². The molecule has 4 nitrogen and oxygen atoms in total. The minimum Gasteiger partial charge on any atom is -0.457 e. The van der Waals surface area contributed by atoms with Gasteiger partial charge >= 0.3 is 6.18 Å². The highest BCUT2D eigenvalue weighted by atomic mass is 32.2. The molecule has 0 saturated heterocycles. The highest BCUT2D eigenvalue weighted by Gasteiger charge is 2.33. The molecule has 0 aliphatic carbocycles. The summed E-state index contributed by atoms with van der Waals surface area (Å²) in [6.45, 7) is 5.51. The van der Waals surface area contributed by atoms with Gasteiger partial charge in [0, 0.05) is 11.6 Å². The van der Waals surface area contributed by atoms with Crippen molar-refractivity contribution in [2.75, 3.05) is 5.75 Å². The van der Waals surface area contributed by atoms with Crippen molar-refractivity contribution >= 4 is 20.7 Å². The smallest absolute Gasteiger partial charge is 0.418 e. The van der Waals surface area contributed by atoms with Gasteiger partial charge < -0.3 is 4.74 Å². The lowest BCUT2D eigenvalue weighted by Crippen LogP contribution is -2.07. The molecule has 1 aromatic heterocycles. The van der Waals surface area contributed by atoms with Gasteiger partial charge in [0.25, 0.3) is 0 Å². The monoisotopic (exact) mass is 499 g/mol. The first kappa shape index (κ1) is 24.7. The molecule has 4 rings (SSSR count). The van der Waals surface area contributed by atoms with Crippen molar-refractivity contribution in [2.45, 2.75) is 37.8 Å². The van der Waals surface area contributed by atoms with Crippen LogP contribution in [0.5, 0.6) is 11.5 Å². The van der Waals surface area contributed by atoms with E-state index in [1.165, 1.54) is 24.4 Å². The molecule has 0 unspecified atom stereocenters. The van der Waals surface area contributed by atoms with Crippen LogP contribution in [0, 0.1) is 0 Å². The highest BCUT2D eigenvalue weighted by molar-refractivity contribution is 7.91. The normalized spacial score (nSPS) is 12.3. The number of hydrogen-bond acceptors (Lipinski definition) is 4. The number of halogens is 3. The molecular formula is C27H24F3NO3S. The Kier molecular flexibility index (Phi) is 6.60. The van der Waals surface area contributed by atoms with Crippen molar-refractivity contribution in [1.29, 1.82) is 0 Å². The van der Waals surface area contributed by atoms with E-state index in [1.54, 1.807) is 43.3 Å². The summed E-state index contributed by atoms with van der Waals surface area (Å²) in [6.07, 6.45) is -3.01. The Morgan fingerprint density at radius 2 is 1.63 bits per heavy atom. The van der Waals surface area contributed by atoms with E-state index in [9.17, 15) is 21.6 Å². The van der Waals surface area contributed by atoms with Crippen LogP contribution in [0.4, 0.5) is 13.2 Å². The average Bonchev–Trinajstić information content (AvgIpc) is 2.82. The first-order chi connectivity index (χ1) is 16.5. The van der Waals surface area contributed by atoms with E-state index in [4.69, 9.17) is 4.74 Å². The number of pyridine rings is 1. The van der Waals surface area contributed by atoms with Crippen molar-refractivity contribution in [3.8, 4) is 22.6 Å². The van der Waals surface area contributed by atoms with Crippen LogP contribution < -0.4 is 4.74 Å². The van der Waals surface area contributed by atoms with Gasteiger partial charge in [-0.05, 0) is 65.1 Å². The van der Waals surface area contributed by atoms with E-state index in [1.807, 2.05) is 19.9 Å². The summed E-state index contributed by atoms with van der Waals surface area (Å²) in [5, 5.41) is 0.414. The zero-order valence-electron chi connectivity index (χ0n) is 19.4. The molecule has 0 aliphatic heterocycles. The van der Waals surface area contributed by atoms with Crippen LogP contribution in [0.2, 0.25) is 0 Å². The van der Waals surface area contributed by atoms with Crippen LogP contribution in [-0.4, -0.2) is 19.2 Å². The Hall–Kier alpha value is -3.39. The maximum absolute atomic E-state index is 13.6. The fourth-order valence-corrected chi connectivity index (χ4v) is 4.84. The molecular weight excluding hydrogens is 475 g/mol. The maximum atomic E-state index is 13.6. The zero-order valence-corrected chi connectivity index (χ0v) is 20.2. The SMILES string of the molecule is CCS(=O)(=O)c1ccc(Oc2cccc(-c3c(C(C)C)cnc4c(C(F)(F)F)cccc34)c2)cc1. The highest BCUT2D eigenvalue weighted by Crippen LogP contribution is 2.41. The molecule has 0 atom stereocenters. The molecule has 0 aliphatic rings. The van der Waals surface area contributed by atoms with Gasteiger partial charge in [0.1, 0.15) is 11.5 Å². The fourth-order valence-electron chi connectivity index (χ4n) is 3.96. The standard InChI is InChI=1S/C27H24F3NO3S/c1-4-35(32,33)21-13-11-19(12-14-21)34-20-8-5-7-18(15-20)25-22-9-6-10-24(27(28,29)30)26(22)31-16-23(25)17(2)3/h5-17H,4H2,1-3H3. The predicted molar refractivity (Wildman–Crippen MR) is 131 cm³/mol. The lowest BCUT2D eigenvalue weighted by molar-refractivity contribution is -0.136.